The molecule has 0 radical (unpaired) electrons. The summed E-state index contributed by atoms with van der Waals surface area (Å²) in [6.45, 7) is 1.49. The van der Waals surface area contributed by atoms with Crippen LogP contribution in [0, 0.1) is 0 Å². The molecule has 0 saturated carbocycles. The number of hydrogen-bond acceptors (Lipinski definition) is 11. The highest BCUT2D eigenvalue weighted by Crippen LogP contribution is 2.39. The molecule has 0 spiro atoms. The number of aliphatic imine (C=N–C) groups is 2. The smallest absolute Gasteiger partial charge is 0.343 e. The third-order valence-electron chi connectivity index (χ3n) is 8.64. The fraction of sp³-hybridized carbons (Fsp3) is 0.361. The Balaban J connectivity index is 0.000000183. The van der Waals surface area contributed by atoms with Crippen LogP contribution in [0.4, 0.5) is 11.4 Å². The monoisotopic (exact) mass is 720 g/mol. The van der Waals surface area contributed by atoms with E-state index in [1.54, 1.807) is 42.5 Å². The van der Waals surface area contributed by atoms with E-state index in [4.69, 9.17) is 18.8 Å². The van der Waals surface area contributed by atoms with Crippen molar-refractivity contribution in [3.05, 3.63) is 71.3 Å². The van der Waals surface area contributed by atoms with Crippen LogP contribution >= 0.6 is 0 Å². The second-order valence-electron chi connectivity index (χ2n) is 12.2. The summed E-state index contributed by atoms with van der Waals surface area (Å²) in [6, 6.07) is 15.1. The zero-order valence-corrected chi connectivity index (χ0v) is 29.3. The van der Waals surface area contributed by atoms with Crippen molar-refractivity contribution in [2.45, 2.75) is 50.6 Å². The zero-order chi connectivity index (χ0) is 36.7. The van der Waals surface area contributed by atoms with Gasteiger partial charge in [-0.15, -0.1) is 0 Å². The van der Waals surface area contributed by atoms with Gasteiger partial charge < -0.3 is 29.1 Å². The van der Waals surface area contributed by atoms with Gasteiger partial charge in [-0.1, -0.05) is 18.2 Å². The minimum Gasteiger partial charge on any atom is -0.504 e. The quantitative estimate of drug-likeness (QED) is 0.205. The van der Waals surface area contributed by atoms with E-state index in [-0.39, 0.29) is 35.4 Å². The molecular formula is C36H40N4O10S. The molecule has 3 aromatic carbocycles. The summed E-state index contributed by atoms with van der Waals surface area (Å²) in [5.74, 6) is 0.299. The molecule has 3 aromatic rings. The summed E-state index contributed by atoms with van der Waals surface area (Å²) in [5.41, 5.74) is 2.40. The molecule has 0 bridgehead atoms. The maximum absolute atomic E-state index is 13.0. The lowest BCUT2D eigenvalue weighted by Crippen LogP contribution is -2.43. The number of methoxy groups -OCH3 is 2. The van der Waals surface area contributed by atoms with Crippen LogP contribution in [0.15, 0.2) is 64.6 Å². The van der Waals surface area contributed by atoms with Gasteiger partial charge in [0, 0.05) is 37.7 Å². The molecule has 0 unspecified atom stereocenters. The highest BCUT2D eigenvalue weighted by Gasteiger charge is 2.32. The lowest BCUT2D eigenvalue weighted by atomic mass is 10.0. The lowest BCUT2D eigenvalue weighted by Gasteiger charge is -2.32. The van der Waals surface area contributed by atoms with Gasteiger partial charge in [-0.05, 0) is 62.8 Å². The number of rotatable bonds is 4. The first-order valence-electron chi connectivity index (χ1n) is 16.4. The second kappa shape index (κ2) is 16.2. The highest BCUT2D eigenvalue weighted by molar-refractivity contribution is 7.85. The number of phenolic OH excluding ortho intramolecular Hbond substituents is 1. The number of esters is 1. The molecule has 2 saturated heterocycles. The van der Waals surface area contributed by atoms with Crippen molar-refractivity contribution >= 4 is 51.7 Å². The number of hydrogen-bond donors (Lipinski definition) is 2. The van der Waals surface area contributed by atoms with Gasteiger partial charge in [-0.3, -0.25) is 24.1 Å². The van der Waals surface area contributed by atoms with Crippen LogP contribution in [0.25, 0.3) is 0 Å². The molecule has 7 rings (SSSR count). The minimum atomic E-state index is -3.67. The van der Waals surface area contributed by atoms with Crippen molar-refractivity contribution in [3.8, 4) is 23.0 Å². The highest BCUT2D eigenvalue weighted by atomic mass is 32.2. The van der Waals surface area contributed by atoms with Crippen LogP contribution in [0.1, 0.15) is 69.6 Å². The topological polar surface area (TPSA) is 185 Å². The molecule has 0 aliphatic carbocycles. The molecule has 0 aromatic heterocycles. The maximum atomic E-state index is 13.0. The Labute approximate surface area is 296 Å². The summed E-state index contributed by atoms with van der Waals surface area (Å²) in [7, 11) is -0.717. The largest absolute Gasteiger partial charge is 0.504 e. The predicted octanol–water partition coefficient (Wildman–Crippen LogP) is 5.24. The number of nitrogens with zero attached hydrogens (tertiary/aromatic N) is 4. The molecule has 270 valence electrons. The van der Waals surface area contributed by atoms with Gasteiger partial charge in [0.05, 0.1) is 60.6 Å². The Morgan fingerprint density at radius 1 is 0.765 bits per heavy atom. The summed E-state index contributed by atoms with van der Waals surface area (Å²) in [6.07, 6.45) is 10.4. The number of amides is 2. The van der Waals surface area contributed by atoms with E-state index in [1.807, 2.05) is 28.3 Å². The number of carbonyl (C=O) groups is 3. The van der Waals surface area contributed by atoms with Crippen molar-refractivity contribution < 1.29 is 46.7 Å². The molecule has 2 N–H and O–H groups in total. The number of carbonyl (C=O) groups excluding carboxylic acids is 3. The molecule has 2 amide bonds. The molecule has 14 nitrogen and oxygen atoms in total. The molecule has 15 heteroatoms. The van der Waals surface area contributed by atoms with E-state index in [0.29, 0.717) is 45.8 Å². The van der Waals surface area contributed by atoms with E-state index >= 15 is 0 Å². The number of piperidine rings is 2. The first-order valence-corrected chi connectivity index (χ1v) is 18.3. The molecule has 2 atom stereocenters. The number of aromatic hydroxyl groups is 1. The van der Waals surface area contributed by atoms with Crippen LogP contribution in [0.3, 0.4) is 0 Å². The first-order chi connectivity index (χ1) is 24.4. The third-order valence-corrected chi connectivity index (χ3v) is 8.64. The van der Waals surface area contributed by atoms with Gasteiger partial charge in [0.15, 0.2) is 23.0 Å². The average Bonchev–Trinajstić information content (AvgIpc) is 3.34. The summed E-state index contributed by atoms with van der Waals surface area (Å²) in [4.78, 5) is 50.5. The van der Waals surface area contributed by atoms with Gasteiger partial charge in [-0.2, -0.15) is 8.42 Å². The van der Waals surface area contributed by atoms with Crippen LogP contribution in [-0.2, 0) is 10.1 Å². The standard InChI is InChI=1S/C21H20N2O4.C14H16N2O3.CH4O3S/c1-26-18-11-16-17(22-13-15-9-5-6-10-23(15)20(16)24)12-19(18)27-21(25)14-7-3-2-4-8-14;1-19-13-6-10-11(7-12(13)17)15-8-9-4-2-3-5-16(9)14(10)18;1-5(2,3)4/h2-4,7-8,11-13,15H,5-6,9-10H2,1H3;6-9,17H,2-5H2,1H3;1H3,(H,2,3,4)/t15-;9-;/m00./s1. The molecule has 2 fully saturated rings. The predicted molar refractivity (Wildman–Crippen MR) is 190 cm³/mol. The fourth-order valence-corrected chi connectivity index (χ4v) is 6.17. The van der Waals surface area contributed by atoms with E-state index in [1.165, 1.54) is 20.3 Å². The Bertz CT molecular complexity index is 1940. The average molecular weight is 721 g/mol. The van der Waals surface area contributed by atoms with Gasteiger partial charge in [0.1, 0.15) is 0 Å². The van der Waals surface area contributed by atoms with Crippen molar-refractivity contribution in [2.24, 2.45) is 9.98 Å². The van der Waals surface area contributed by atoms with Crippen LogP contribution in [0.2, 0.25) is 0 Å². The summed E-state index contributed by atoms with van der Waals surface area (Å²) >= 11 is 0. The Morgan fingerprint density at radius 3 is 1.76 bits per heavy atom. The van der Waals surface area contributed by atoms with Gasteiger partial charge in [0.2, 0.25) is 0 Å². The Hall–Kier alpha value is -5.28. The maximum Gasteiger partial charge on any atom is 0.343 e. The van der Waals surface area contributed by atoms with Crippen molar-refractivity contribution in [1.29, 1.82) is 0 Å². The van der Waals surface area contributed by atoms with Gasteiger partial charge in [0.25, 0.3) is 21.9 Å². The van der Waals surface area contributed by atoms with E-state index in [9.17, 15) is 27.9 Å². The normalized spacial score (nSPS) is 18.9. The molecule has 4 aliphatic rings. The molecule has 4 heterocycles. The van der Waals surface area contributed by atoms with Crippen molar-refractivity contribution in [2.75, 3.05) is 33.6 Å². The van der Waals surface area contributed by atoms with Crippen LogP contribution in [0.5, 0.6) is 23.0 Å². The minimum absolute atomic E-state index is 0.00562. The first kappa shape index (κ1) is 37.0. The van der Waals surface area contributed by atoms with Gasteiger partial charge >= 0.3 is 5.97 Å². The number of fused-ring (bicyclic) bond motifs is 4. The van der Waals surface area contributed by atoms with E-state index < -0.39 is 16.1 Å². The second-order valence-corrected chi connectivity index (χ2v) is 13.7. The molecule has 51 heavy (non-hydrogen) atoms. The third kappa shape index (κ3) is 9.10. The van der Waals surface area contributed by atoms with Crippen molar-refractivity contribution in [1.82, 2.24) is 9.80 Å². The Morgan fingerprint density at radius 2 is 1.25 bits per heavy atom. The fourth-order valence-electron chi connectivity index (χ4n) is 6.17. The number of ether oxygens (including phenoxy) is 3. The molecular weight excluding hydrogens is 680 g/mol. The summed E-state index contributed by atoms with van der Waals surface area (Å²) in [5, 5.41) is 9.78. The molecule has 4 aliphatic heterocycles. The summed E-state index contributed by atoms with van der Waals surface area (Å²) < 4.78 is 41.8. The number of phenols is 1. The SMILES string of the molecule is COc1cc2c(cc1O)N=C[C@@H]1CCCCN1C2=O.COc1cc2c(cc1OC(=O)c1ccccc1)N=C[C@@H]1CCCCN1C2=O.CS(=O)(=O)O. The Kier molecular flexibility index (Phi) is 11.7. The zero-order valence-electron chi connectivity index (χ0n) is 28.5. The van der Waals surface area contributed by atoms with Crippen LogP contribution < -0.4 is 14.2 Å². The van der Waals surface area contributed by atoms with Crippen LogP contribution in [-0.4, -0.2) is 104 Å². The lowest BCUT2D eigenvalue weighted by molar-refractivity contribution is 0.0680. The van der Waals surface area contributed by atoms with E-state index in [2.05, 4.69) is 9.98 Å². The van der Waals surface area contributed by atoms with Gasteiger partial charge in [-0.25, -0.2) is 4.79 Å². The number of benzene rings is 3. The van der Waals surface area contributed by atoms with Crippen molar-refractivity contribution in [3.63, 3.8) is 0 Å². The van der Waals surface area contributed by atoms with E-state index in [0.717, 1.165) is 51.6 Å².